The molecule has 3 aromatic heterocycles. The summed E-state index contributed by atoms with van der Waals surface area (Å²) >= 11 is 0. The van der Waals surface area contributed by atoms with Crippen LogP contribution in [0.1, 0.15) is 12.0 Å². The summed E-state index contributed by atoms with van der Waals surface area (Å²) in [6, 6.07) is 8.07. The maximum absolute atomic E-state index is 6.01. The van der Waals surface area contributed by atoms with Crippen LogP contribution in [-0.4, -0.2) is 48.8 Å². The van der Waals surface area contributed by atoms with Crippen LogP contribution in [0.5, 0.6) is 5.75 Å². The van der Waals surface area contributed by atoms with Crippen LogP contribution in [0, 0.1) is 0 Å². The van der Waals surface area contributed by atoms with Crippen LogP contribution in [-0.2, 0) is 18.3 Å². The van der Waals surface area contributed by atoms with Gasteiger partial charge in [-0.3, -0.25) is 4.68 Å². The van der Waals surface area contributed by atoms with Crippen LogP contribution in [0.2, 0.25) is 0 Å². The smallest absolute Gasteiger partial charge is 0.229 e. The number of hydrogen-bond acceptors (Lipinski definition) is 7. The van der Waals surface area contributed by atoms with Crippen molar-refractivity contribution in [2.75, 3.05) is 18.5 Å². The fourth-order valence-electron chi connectivity index (χ4n) is 3.35. The van der Waals surface area contributed by atoms with E-state index in [1.165, 1.54) is 0 Å². The molecule has 1 aliphatic heterocycles. The highest BCUT2D eigenvalue weighted by Crippen LogP contribution is 2.21. The Morgan fingerprint density at radius 2 is 2.21 bits per heavy atom. The molecule has 0 spiro atoms. The predicted octanol–water partition coefficient (Wildman–Crippen LogP) is 2.52. The third kappa shape index (κ3) is 3.90. The third-order valence-electron chi connectivity index (χ3n) is 4.76. The molecule has 5 rings (SSSR count). The van der Waals surface area contributed by atoms with E-state index >= 15 is 0 Å². The number of aromatic nitrogens is 6. The van der Waals surface area contributed by atoms with Crippen LogP contribution >= 0.6 is 0 Å². The monoisotopic (exact) mass is 391 g/mol. The minimum Gasteiger partial charge on any atom is -0.488 e. The second kappa shape index (κ2) is 7.51. The van der Waals surface area contributed by atoms with Gasteiger partial charge in [0, 0.05) is 25.9 Å². The van der Waals surface area contributed by atoms with Crippen LogP contribution in [0.15, 0.2) is 49.1 Å². The molecule has 0 saturated carbocycles. The van der Waals surface area contributed by atoms with Crippen molar-refractivity contribution >= 4 is 22.7 Å². The summed E-state index contributed by atoms with van der Waals surface area (Å²) in [6.07, 6.45) is 8.20. The van der Waals surface area contributed by atoms with Crippen molar-refractivity contribution in [3.05, 3.63) is 54.6 Å². The molecule has 0 amide bonds. The molecule has 0 radical (unpaired) electrons. The van der Waals surface area contributed by atoms with Crippen molar-refractivity contribution in [1.29, 1.82) is 0 Å². The molecule has 148 valence electrons. The lowest BCUT2D eigenvalue weighted by Gasteiger charge is -2.13. The number of nitrogens with zero attached hydrogens (tertiary/aromatic N) is 6. The lowest BCUT2D eigenvalue weighted by atomic mass is 10.2. The number of rotatable bonds is 6. The van der Waals surface area contributed by atoms with Gasteiger partial charge < -0.3 is 14.8 Å². The molecule has 1 fully saturated rings. The third-order valence-corrected chi connectivity index (χ3v) is 4.76. The highest BCUT2D eigenvalue weighted by molar-refractivity contribution is 5.75. The van der Waals surface area contributed by atoms with Gasteiger partial charge in [0.1, 0.15) is 11.9 Å². The van der Waals surface area contributed by atoms with Crippen molar-refractivity contribution in [2.45, 2.75) is 19.1 Å². The Morgan fingerprint density at radius 1 is 1.24 bits per heavy atom. The first kappa shape index (κ1) is 17.6. The zero-order valence-electron chi connectivity index (χ0n) is 16.0. The highest BCUT2D eigenvalue weighted by Gasteiger charge is 2.17. The zero-order chi connectivity index (χ0) is 19.6. The summed E-state index contributed by atoms with van der Waals surface area (Å²) in [6.45, 7) is 2.00. The van der Waals surface area contributed by atoms with Gasteiger partial charge in [0.15, 0.2) is 5.65 Å². The molecule has 0 aliphatic carbocycles. The zero-order valence-corrected chi connectivity index (χ0v) is 16.0. The summed E-state index contributed by atoms with van der Waals surface area (Å²) in [4.78, 5) is 8.99. The molecular formula is C20H21N7O2. The van der Waals surface area contributed by atoms with Gasteiger partial charge in [0.2, 0.25) is 5.95 Å². The maximum Gasteiger partial charge on any atom is 0.229 e. The quantitative estimate of drug-likeness (QED) is 0.540. The molecule has 1 N–H and O–H groups in total. The topological polar surface area (TPSA) is 91.9 Å². The first-order valence-electron chi connectivity index (χ1n) is 9.50. The van der Waals surface area contributed by atoms with Crippen LogP contribution in [0.3, 0.4) is 0 Å². The van der Waals surface area contributed by atoms with Crippen LogP contribution in [0.25, 0.3) is 11.0 Å². The van der Waals surface area contributed by atoms with E-state index in [1.54, 1.807) is 23.3 Å². The molecule has 1 aliphatic rings. The number of ether oxygens (including phenoxy) is 2. The molecule has 9 nitrogen and oxygen atoms in total. The Hall–Kier alpha value is -3.46. The Bertz CT molecular complexity index is 1130. The summed E-state index contributed by atoms with van der Waals surface area (Å²) in [5.74, 6) is 1.36. The molecule has 1 aromatic carbocycles. The number of anilines is 2. The minimum atomic E-state index is 0.129. The normalized spacial score (nSPS) is 16.4. The SMILES string of the molecule is Cn1cc(Nc2ncc3cnn(Cc4cccc(OC5CCOC5)c4)c3n2)cn1. The van der Waals surface area contributed by atoms with Crippen molar-refractivity contribution in [3.63, 3.8) is 0 Å². The van der Waals surface area contributed by atoms with E-state index in [4.69, 9.17) is 9.47 Å². The Morgan fingerprint density at radius 3 is 3.03 bits per heavy atom. The highest BCUT2D eigenvalue weighted by atomic mass is 16.5. The predicted molar refractivity (Wildman–Crippen MR) is 107 cm³/mol. The number of benzene rings is 1. The van der Waals surface area contributed by atoms with E-state index in [9.17, 15) is 0 Å². The van der Waals surface area contributed by atoms with Crippen molar-refractivity contribution in [1.82, 2.24) is 29.5 Å². The summed E-state index contributed by atoms with van der Waals surface area (Å²) in [7, 11) is 1.86. The van der Waals surface area contributed by atoms with Crippen LogP contribution in [0.4, 0.5) is 11.6 Å². The second-order valence-corrected chi connectivity index (χ2v) is 7.05. The lowest BCUT2D eigenvalue weighted by Crippen LogP contribution is -2.15. The molecule has 1 saturated heterocycles. The molecule has 1 atom stereocenters. The fraction of sp³-hybridized carbons (Fsp3) is 0.300. The first-order valence-corrected chi connectivity index (χ1v) is 9.50. The number of fused-ring (bicyclic) bond motifs is 1. The van der Waals surface area contributed by atoms with Gasteiger partial charge in [-0.15, -0.1) is 0 Å². The molecule has 4 aromatic rings. The minimum absolute atomic E-state index is 0.129. The largest absolute Gasteiger partial charge is 0.488 e. The lowest BCUT2D eigenvalue weighted by molar-refractivity contribution is 0.141. The molecule has 29 heavy (non-hydrogen) atoms. The van der Waals surface area contributed by atoms with Gasteiger partial charge in [-0.25, -0.2) is 9.67 Å². The number of hydrogen-bond donors (Lipinski definition) is 1. The number of nitrogens with one attached hydrogen (secondary N) is 1. The van der Waals surface area contributed by atoms with E-state index in [0.29, 0.717) is 19.1 Å². The summed E-state index contributed by atoms with van der Waals surface area (Å²) in [5.41, 5.74) is 2.69. The second-order valence-electron chi connectivity index (χ2n) is 7.05. The van der Waals surface area contributed by atoms with E-state index in [2.05, 4.69) is 31.5 Å². The Kier molecular flexibility index (Phi) is 4.57. The van der Waals surface area contributed by atoms with Crippen molar-refractivity contribution in [3.8, 4) is 5.75 Å². The molecule has 1 unspecified atom stereocenters. The van der Waals surface area contributed by atoms with E-state index in [1.807, 2.05) is 36.1 Å². The van der Waals surface area contributed by atoms with Gasteiger partial charge in [0.05, 0.1) is 43.2 Å². The summed E-state index contributed by atoms with van der Waals surface area (Å²) < 4.78 is 15.0. The number of aryl methyl sites for hydroxylation is 1. The fourth-order valence-corrected chi connectivity index (χ4v) is 3.35. The molecule has 0 bridgehead atoms. The Labute approximate surface area is 167 Å². The first-order chi connectivity index (χ1) is 14.2. The van der Waals surface area contributed by atoms with Gasteiger partial charge in [0.25, 0.3) is 0 Å². The average Bonchev–Trinajstić information content (AvgIpc) is 3.45. The summed E-state index contributed by atoms with van der Waals surface area (Å²) in [5, 5.41) is 12.7. The molecule has 4 heterocycles. The van der Waals surface area contributed by atoms with Gasteiger partial charge in [-0.05, 0) is 17.7 Å². The average molecular weight is 391 g/mol. The van der Waals surface area contributed by atoms with E-state index in [-0.39, 0.29) is 6.10 Å². The molecule has 9 heteroatoms. The van der Waals surface area contributed by atoms with Gasteiger partial charge in [-0.2, -0.15) is 15.2 Å². The van der Waals surface area contributed by atoms with Crippen molar-refractivity contribution < 1.29 is 9.47 Å². The molecular weight excluding hydrogens is 370 g/mol. The van der Waals surface area contributed by atoms with E-state index in [0.717, 1.165) is 41.1 Å². The maximum atomic E-state index is 6.01. The van der Waals surface area contributed by atoms with Gasteiger partial charge in [-0.1, -0.05) is 12.1 Å². The Balaban J connectivity index is 1.36. The van der Waals surface area contributed by atoms with Crippen LogP contribution < -0.4 is 10.1 Å². The standard InChI is InChI=1S/C20H21N7O2/c1-26-12-16(10-22-26)24-20-21-8-15-9-23-27(19(15)25-20)11-14-3-2-4-17(7-14)29-18-5-6-28-13-18/h2-4,7-10,12,18H,5-6,11,13H2,1H3,(H,21,24,25). The van der Waals surface area contributed by atoms with Gasteiger partial charge >= 0.3 is 0 Å². The van der Waals surface area contributed by atoms with Crippen molar-refractivity contribution in [2.24, 2.45) is 7.05 Å². The van der Waals surface area contributed by atoms with E-state index < -0.39 is 0 Å².